The van der Waals surface area contributed by atoms with Crippen molar-refractivity contribution in [2.45, 2.75) is 6.54 Å². The molecule has 0 aliphatic heterocycles. The zero-order valence-electron chi connectivity index (χ0n) is 11.0. The Morgan fingerprint density at radius 2 is 1.76 bits per heavy atom. The monoisotopic (exact) mass is 342 g/mol. The fourth-order valence-electron chi connectivity index (χ4n) is 1.97. The summed E-state index contributed by atoms with van der Waals surface area (Å²) >= 11 is 3.39. The lowest BCUT2D eigenvalue weighted by molar-refractivity contribution is 0.0967. The molecule has 0 N–H and O–H groups in total. The summed E-state index contributed by atoms with van der Waals surface area (Å²) in [4.78, 5) is 12.2. The number of benzene rings is 2. The normalized spacial score (nSPS) is 10.5. The maximum Gasteiger partial charge on any atom is 0.184 e. The van der Waals surface area contributed by atoms with Crippen LogP contribution in [0.5, 0.6) is 0 Å². The minimum absolute atomic E-state index is 0.0266. The molecule has 21 heavy (non-hydrogen) atoms. The highest BCUT2D eigenvalue weighted by Crippen LogP contribution is 2.19. The Kier molecular flexibility index (Phi) is 3.87. The molecule has 0 amide bonds. The van der Waals surface area contributed by atoms with Gasteiger partial charge in [0.25, 0.3) is 0 Å². The molecule has 0 bridgehead atoms. The van der Waals surface area contributed by atoms with Crippen LogP contribution in [-0.2, 0) is 6.54 Å². The van der Waals surface area contributed by atoms with Crippen LogP contribution in [0.15, 0.2) is 59.1 Å². The predicted octanol–water partition coefficient (Wildman–Crippen LogP) is 2.99. The molecular formula is C15H11BrN4O. The molecule has 0 aliphatic rings. The number of carbonyl (C=O) groups excluding carboxylic acids is 1. The van der Waals surface area contributed by atoms with Crippen molar-refractivity contribution in [3.63, 3.8) is 0 Å². The summed E-state index contributed by atoms with van der Waals surface area (Å²) in [6.45, 7) is 0.114. The fraction of sp³-hybridized carbons (Fsp3) is 0.0667. The predicted molar refractivity (Wildman–Crippen MR) is 81.7 cm³/mol. The molecule has 6 heteroatoms. The second-order valence-corrected chi connectivity index (χ2v) is 5.37. The third-order valence-corrected chi connectivity index (χ3v) is 3.55. The summed E-state index contributed by atoms with van der Waals surface area (Å²) < 4.78 is 2.49. The van der Waals surface area contributed by atoms with Gasteiger partial charge in [0.1, 0.15) is 6.54 Å². The summed E-state index contributed by atoms with van der Waals surface area (Å²) in [5.41, 5.74) is 1.51. The summed E-state index contributed by atoms with van der Waals surface area (Å²) in [7, 11) is 0. The first-order chi connectivity index (χ1) is 10.2. The van der Waals surface area contributed by atoms with E-state index in [9.17, 15) is 4.79 Å². The van der Waals surface area contributed by atoms with Crippen molar-refractivity contribution in [1.29, 1.82) is 0 Å². The van der Waals surface area contributed by atoms with Gasteiger partial charge in [-0.3, -0.25) is 4.79 Å². The van der Waals surface area contributed by atoms with Gasteiger partial charge in [-0.2, -0.15) is 0 Å². The van der Waals surface area contributed by atoms with E-state index in [1.807, 2.05) is 42.5 Å². The summed E-state index contributed by atoms with van der Waals surface area (Å²) in [6, 6.07) is 16.7. The van der Waals surface area contributed by atoms with Crippen molar-refractivity contribution in [2.75, 3.05) is 0 Å². The Bertz CT molecular complexity index is 753. The van der Waals surface area contributed by atoms with E-state index in [-0.39, 0.29) is 12.3 Å². The Hall–Kier alpha value is -2.34. The number of hydrogen-bond acceptors (Lipinski definition) is 4. The van der Waals surface area contributed by atoms with E-state index in [1.165, 1.54) is 4.68 Å². The highest BCUT2D eigenvalue weighted by molar-refractivity contribution is 9.10. The van der Waals surface area contributed by atoms with Crippen LogP contribution in [0.4, 0.5) is 0 Å². The van der Waals surface area contributed by atoms with Crippen molar-refractivity contribution in [2.24, 2.45) is 0 Å². The molecule has 0 saturated carbocycles. The van der Waals surface area contributed by atoms with E-state index in [0.717, 1.165) is 10.0 Å². The Balaban J connectivity index is 1.86. The van der Waals surface area contributed by atoms with Crippen LogP contribution in [0.25, 0.3) is 11.4 Å². The van der Waals surface area contributed by atoms with Gasteiger partial charge < -0.3 is 0 Å². The molecule has 3 aromatic rings. The lowest BCUT2D eigenvalue weighted by Crippen LogP contribution is -2.13. The maximum absolute atomic E-state index is 12.2. The fourth-order valence-corrected chi connectivity index (χ4v) is 2.23. The lowest BCUT2D eigenvalue weighted by Gasteiger charge is -2.04. The van der Waals surface area contributed by atoms with Crippen LogP contribution in [0.2, 0.25) is 0 Å². The molecule has 0 atom stereocenters. The molecule has 0 unspecified atom stereocenters. The SMILES string of the molecule is O=C(Cn1nnnc1-c1ccc(Br)cc1)c1ccccc1. The second kappa shape index (κ2) is 5.97. The van der Waals surface area contributed by atoms with E-state index in [4.69, 9.17) is 0 Å². The van der Waals surface area contributed by atoms with E-state index in [0.29, 0.717) is 11.4 Å². The van der Waals surface area contributed by atoms with Gasteiger partial charge in [-0.15, -0.1) is 5.10 Å². The number of carbonyl (C=O) groups is 1. The standard InChI is InChI=1S/C15H11BrN4O/c16-13-8-6-12(7-9-13)15-17-18-19-20(15)10-14(21)11-4-2-1-3-5-11/h1-9H,10H2. The van der Waals surface area contributed by atoms with Gasteiger partial charge in [0.15, 0.2) is 11.6 Å². The largest absolute Gasteiger partial charge is 0.292 e. The average Bonchev–Trinajstić information content (AvgIpc) is 2.97. The topological polar surface area (TPSA) is 60.7 Å². The zero-order chi connectivity index (χ0) is 14.7. The van der Waals surface area contributed by atoms with E-state index < -0.39 is 0 Å². The molecule has 5 nitrogen and oxygen atoms in total. The van der Waals surface area contributed by atoms with E-state index in [1.54, 1.807) is 12.1 Å². The van der Waals surface area contributed by atoms with Crippen LogP contribution in [-0.4, -0.2) is 26.0 Å². The molecule has 0 saturated heterocycles. The van der Waals surface area contributed by atoms with Gasteiger partial charge >= 0.3 is 0 Å². The highest BCUT2D eigenvalue weighted by Gasteiger charge is 2.13. The van der Waals surface area contributed by atoms with Crippen LogP contribution < -0.4 is 0 Å². The third kappa shape index (κ3) is 3.05. The first-order valence-electron chi connectivity index (χ1n) is 6.34. The van der Waals surface area contributed by atoms with Crippen LogP contribution >= 0.6 is 15.9 Å². The van der Waals surface area contributed by atoms with Gasteiger partial charge in [0.05, 0.1) is 0 Å². The van der Waals surface area contributed by atoms with Crippen molar-refractivity contribution in [1.82, 2.24) is 20.2 Å². The zero-order valence-corrected chi connectivity index (χ0v) is 12.6. The van der Waals surface area contributed by atoms with Crippen molar-refractivity contribution in [3.8, 4) is 11.4 Å². The number of ketones is 1. The first kappa shape index (κ1) is 13.6. The van der Waals surface area contributed by atoms with Crippen molar-refractivity contribution < 1.29 is 4.79 Å². The van der Waals surface area contributed by atoms with Gasteiger partial charge in [-0.1, -0.05) is 58.4 Å². The molecular weight excluding hydrogens is 332 g/mol. The van der Waals surface area contributed by atoms with Crippen molar-refractivity contribution >= 4 is 21.7 Å². The van der Waals surface area contributed by atoms with Gasteiger partial charge in [-0.25, -0.2) is 4.68 Å². The number of Topliss-reactive ketones (excluding diaryl/α,β-unsaturated/α-hetero) is 1. The second-order valence-electron chi connectivity index (χ2n) is 4.46. The summed E-state index contributed by atoms with van der Waals surface area (Å²) in [5, 5.41) is 11.6. The Morgan fingerprint density at radius 1 is 1.05 bits per heavy atom. The number of nitrogens with zero attached hydrogens (tertiary/aromatic N) is 4. The number of hydrogen-bond donors (Lipinski definition) is 0. The molecule has 0 aliphatic carbocycles. The van der Waals surface area contributed by atoms with Crippen molar-refractivity contribution in [3.05, 3.63) is 64.6 Å². The highest BCUT2D eigenvalue weighted by atomic mass is 79.9. The minimum Gasteiger partial charge on any atom is -0.292 e. The van der Waals surface area contributed by atoms with Gasteiger partial charge in [-0.05, 0) is 22.6 Å². The number of tetrazole rings is 1. The Labute approximate surface area is 129 Å². The maximum atomic E-state index is 12.2. The van der Waals surface area contributed by atoms with E-state index in [2.05, 4.69) is 31.5 Å². The van der Waals surface area contributed by atoms with Gasteiger partial charge in [0.2, 0.25) is 0 Å². The molecule has 2 aromatic carbocycles. The first-order valence-corrected chi connectivity index (χ1v) is 7.14. The van der Waals surface area contributed by atoms with Gasteiger partial charge in [0, 0.05) is 15.6 Å². The van der Waals surface area contributed by atoms with Crippen LogP contribution in [0.1, 0.15) is 10.4 Å². The molecule has 0 spiro atoms. The average molecular weight is 343 g/mol. The number of aromatic nitrogens is 4. The summed E-state index contributed by atoms with van der Waals surface area (Å²) in [6.07, 6.45) is 0. The molecule has 104 valence electrons. The van der Waals surface area contributed by atoms with Crippen LogP contribution in [0, 0.1) is 0 Å². The molecule has 3 rings (SSSR count). The summed E-state index contributed by atoms with van der Waals surface area (Å²) in [5.74, 6) is 0.549. The number of rotatable bonds is 4. The molecule has 1 heterocycles. The third-order valence-electron chi connectivity index (χ3n) is 3.02. The minimum atomic E-state index is -0.0266. The molecule has 0 fully saturated rings. The smallest absolute Gasteiger partial charge is 0.184 e. The van der Waals surface area contributed by atoms with E-state index >= 15 is 0 Å². The Morgan fingerprint density at radius 3 is 2.48 bits per heavy atom. The molecule has 0 radical (unpaired) electrons. The van der Waals surface area contributed by atoms with Crippen LogP contribution in [0.3, 0.4) is 0 Å². The number of halogens is 1. The molecule has 1 aromatic heterocycles. The lowest BCUT2D eigenvalue weighted by atomic mass is 10.1. The quantitative estimate of drug-likeness (QED) is 0.684.